The quantitative estimate of drug-likeness (QED) is 0.0963. The van der Waals surface area contributed by atoms with E-state index in [1.54, 1.807) is 17.9 Å². The van der Waals surface area contributed by atoms with Gasteiger partial charge in [0, 0.05) is 0 Å². The molecule has 0 aromatic carbocycles. The first-order valence-corrected chi connectivity index (χ1v) is 27.2. The van der Waals surface area contributed by atoms with Gasteiger partial charge in [-0.1, -0.05) is 0 Å². The Balaban J connectivity index is 4.51. The Morgan fingerprint density at radius 3 is 1.50 bits per heavy atom. The van der Waals surface area contributed by atoms with Gasteiger partial charge in [0.05, 0.1) is 0 Å². The van der Waals surface area contributed by atoms with Gasteiger partial charge in [-0.25, -0.2) is 0 Å². The van der Waals surface area contributed by atoms with E-state index >= 15 is 0 Å². The molecule has 190 valence electrons. The molecule has 0 saturated carbocycles. The Bertz CT molecular complexity index is 461. The van der Waals surface area contributed by atoms with Crippen molar-refractivity contribution in [1.82, 2.24) is 0 Å². The van der Waals surface area contributed by atoms with Crippen molar-refractivity contribution in [2.45, 2.75) is 103 Å². The van der Waals surface area contributed by atoms with Gasteiger partial charge in [-0.3, -0.25) is 0 Å². The summed E-state index contributed by atoms with van der Waals surface area (Å²) in [6.07, 6.45) is 11.1. The number of hydrogen-bond donors (Lipinski definition) is 0. The van der Waals surface area contributed by atoms with Gasteiger partial charge in [-0.05, 0) is 0 Å². The van der Waals surface area contributed by atoms with Crippen LogP contribution >= 0.6 is 26.8 Å². The molecule has 0 aliphatic rings. The Hall–Kier alpha value is 0.729. The molecular formula is C24H47ClO4S2Sn. The average Bonchev–Trinajstić information content (AvgIpc) is 2.80. The number of unbranched alkanes of at least 4 members (excludes halogenated alkanes) is 3. The van der Waals surface area contributed by atoms with E-state index in [0.717, 1.165) is 43.0 Å². The number of halogens is 1. The summed E-state index contributed by atoms with van der Waals surface area (Å²) in [6, 6.07) is 0. The van der Waals surface area contributed by atoms with Gasteiger partial charge in [-0.15, -0.1) is 0 Å². The molecule has 0 aliphatic carbocycles. The third-order valence-corrected chi connectivity index (χ3v) is 33.0. The molecule has 0 aliphatic heterocycles. The van der Waals surface area contributed by atoms with E-state index in [4.69, 9.17) is 18.4 Å². The zero-order chi connectivity index (χ0) is 24.2. The first-order valence-electron chi connectivity index (χ1n) is 12.6. The molecule has 0 amide bonds. The van der Waals surface area contributed by atoms with Crippen molar-refractivity contribution >= 4 is 53.2 Å². The normalized spacial score (nSPS) is 15.1. The third kappa shape index (κ3) is 17.2. The number of ether oxygens (including phenoxy) is 2. The minimum atomic E-state index is -3.21. The Kier molecular flexibility index (Phi) is 21.5. The van der Waals surface area contributed by atoms with Crippen molar-refractivity contribution in [3.05, 3.63) is 0 Å². The maximum atomic E-state index is 12.3. The van der Waals surface area contributed by atoms with Crippen LogP contribution in [0.15, 0.2) is 0 Å². The number of carbonyl (C=O) groups excluding carboxylic acids is 2. The van der Waals surface area contributed by atoms with Crippen LogP contribution in [0.5, 0.6) is 0 Å². The minimum absolute atomic E-state index is 0.173. The van der Waals surface area contributed by atoms with E-state index in [1.165, 1.54) is 25.7 Å². The topological polar surface area (TPSA) is 52.6 Å². The van der Waals surface area contributed by atoms with Crippen LogP contribution in [-0.2, 0) is 19.1 Å². The first kappa shape index (κ1) is 32.7. The van der Waals surface area contributed by atoms with Gasteiger partial charge < -0.3 is 0 Å². The van der Waals surface area contributed by atoms with Crippen molar-refractivity contribution in [3.63, 3.8) is 0 Å². The number of rotatable bonds is 21. The molecule has 0 fully saturated rings. The maximum absolute atomic E-state index is 12.3. The molecule has 4 nitrogen and oxygen atoms in total. The van der Waals surface area contributed by atoms with E-state index in [2.05, 4.69) is 34.6 Å². The molecule has 8 heteroatoms. The number of carbonyl (C=O) groups is 2. The fourth-order valence-corrected chi connectivity index (χ4v) is 24.6. The fourth-order valence-electron chi connectivity index (χ4n) is 3.21. The first-order chi connectivity index (χ1) is 15.3. The van der Waals surface area contributed by atoms with Crippen LogP contribution in [0, 0.1) is 11.8 Å². The zero-order valence-electron chi connectivity index (χ0n) is 21.1. The van der Waals surface area contributed by atoms with Crippen LogP contribution in [0.4, 0.5) is 0 Å². The Labute approximate surface area is 210 Å². The van der Waals surface area contributed by atoms with E-state index < -0.39 is 14.5 Å². The summed E-state index contributed by atoms with van der Waals surface area (Å²) in [4.78, 5) is 24.6. The second-order valence-corrected chi connectivity index (χ2v) is 38.3. The van der Waals surface area contributed by atoms with Gasteiger partial charge in [0.25, 0.3) is 0 Å². The van der Waals surface area contributed by atoms with Crippen LogP contribution in [0.3, 0.4) is 0 Å². The van der Waals surface area contributed by atoms with Crippen molar-refractivity contribution in [3.8, 4) is 0 Å². The van der Waals surface area contributed by atoms with Crippen LogP contribution in [0.25, 0.3) is 0 Å². The summed E-state index contributed by atoms with van der Waals surface area (Å²) in [5, 5.41) is 0. The van der Waals surface area contributed by atoms with Crippen LogP contribution in [0.2, 0.25) is 4.44 Å². The molecule has 0 bridgehead atoms. The molecule has 0 N–H and O–H groups in total. The number of esters is 2. The van der Waals surface area contributed by atoms with E-state index in [1.807, 2.05) is 0 Å². The van der Waals surface area contributed by atoms with E-state index in [9.17, 15) is 9.59 Å². The van der Waals surface area contributed by atoms with Gasteiger partial charge >= 0.3 is 212 Å². The van der Waals surface area contributed by atoms with Gasteiger partial charge in [-0.2, -0.15) is 0 Å². The summed E-state index contributed by atoms with van der Waals surface area (Å²) >= 11 is -3.21. The van der Waals surface area contributed by atoms with Gasteiger partial charge in [0.15, 0.2) is 0 Å². The van der Waals surface area contributed by atoms with Crippen LogP contribution < -0.4 is 0 Å². The zero-order valence-corrected chi connectivity index (χ0v) is 26.3. The standard InChI is InChI=1S/2C10H20O2S.C4H9.ClH.Sn/c2*1-3-5-6-9(4-2)7-12-10(11)8-13;1-3-4-2;;/h2*9,13H,3-8H2,1-2H3;1,3-4H2,2H3;1H;/q;;;;+3/p-3. The van der Waals surface area contributed by atoms with Crippen LogP contribution in [0.1, 0.15) is 98.8 Å². The molecule has 0 radical (unpaired) electrons. The van der Waals surface area contributed by atoms with Crippen molar-refractivity contribution in [2.75, 3.05) is 24.7 Å². The fraction of sp³-hybridized carbons (Fsp3) is 0.917. The SMILES string of the molecule is CCCCC(CC)COC(=O)C[S][Sn]([Cl])([CH2]CCC)[S]CC(=O)OCC(CC)CCCC. The Morgan fingerprint density at radius 2 is 1.16 bits per heavy atom. The molecular weight excluding hydrogens is 571 g/mol. The molecule has 0 spiro atoms. The molecule has 0 rings (SSSR count). The molecule has 2 unspecified atom stereocenters. The van der Waals surface area contributed by atoms with E-state index in [-0.39, 0.29) is 11.9 Å². The number of hydrogen-bond acceptors (Lipinski definition) is 6. The van der Waals surface area contributed by atoms with Crippen molar-refractivity contribution < 1.29 is 19.1 Å². The molecule has 0 saturated heterocycles. The van der Waals surface area contributed by atoms with Gasteiger partial charge in [0.1, 0.15) is 0 Å². The average molecular weight is 618 g/mol. The van der Waals surface area contributed by atoms with Crippen molar-refractivity contribution in [2.24, 2.45) is 11.8 Å². The monoisotopic (exact) mass is 618 g/mol. The predicted octanol–water partition coefficient (Wildman–Crippen LogP) is 7.95. The summed E-state index contributed by atoms with van der Waals surface area (Å²) in [7, 11) is 10.2. The molecule has 0 heterocycles. The molecule has 2 atom stereocenters. The summed E-state index contributed by atoms with van der Waals surface area (Å²) in [6.45, 7) is 11.8. The predicted molar refractivity (Wildman–Crippen MR) is 145 cm³/mol. The summed E-state index contributed by atoms with van der Waals surface area (Å²) in [5.74, 6) is 1.14. The second kappa shape index (κ2) is 21.0. The summed E-state index contributed by atoms with van der Waals surface area (Å²) < 4.78 is 12.0. The molecule has 0 aromatic heterocycles. The van der Waals surface area contributed by atoms with Crippen LogP contribution in [-0.4, -0.2) is 51.1 Å². The second-order valence-electron chi connectivity index (χ2n) is 8.54. The summed E-state index contributed by atoms with van der Waals surface area (Å²) in [5.41, 5.74) is 0. The van der Waals surface area contributed by atoms with Gasteiger partial charge in [0.2, 0.25) is 0 Å². The Morgan fingerprint density at radius 1 is 0.750 bits per heavy atom. The van der Waals surface area contributed by atoms with Crippen molar-refractivity contribution in [1.29, 1.82) is 0 Å². The third-order valence-electron chi connectivity index (χ3n) is 5.69. The molecule has 0 aromatic rings. The van der Waals surface area contributed by atoms with E-state index in [0.29, 0.717) is 36.6 Å². The molecule has 32 heavy (non-hydrogen) atoms.